The summed E-state index contributed by atoms with van der Waals surface area (Å²) in [5, 5.41) is 0. The Kier molecular flexibility index (Phi) is 7.40. The smallest absolute Gasteiger partial charge is 0.127 e. The number of piperidine rings is 1. The van der Waals surface area contributed by atoms with Gasteiger partial charge in [-0.15, -0.1) is 0 Å². The highest BCUT2D eigenvalue weighted by Gasteiger charge is 2.21. The highest BCUT2D eigenvalue weighted by Crippen LogP contribution is 2.21. The predicted octanol–water partition coefficient (Wildman–Crippen LogP) is 4.36. The van der Waals surface area contributed by atoms with Crippen molar-refractivity contribution in [3.05, 3.63) is 65.2 Å². The Labute approximate surface area is 166 Å². The van der Waals surface area contributed by atoms with Gasteiger partial charge in [-0.1, -0.05) is 12.1 Å². The van der Waals surface area contributed by atoms with Gasteiger partial charge >= 0.3 is 0 Å². The summed E-state index contributed by atoms with van der Waals surface area (Å²) >= 11 is 0. The zero-order valence-corrected chi connectivity index (χ0v) is 16.8. The van der Waals surface area contributed by atoms with E-state index in [1.165, 1.54) is 36.6 Å². The lowest BCUT2D eigenvalue weighted by Crippen LogP contribution is -2.40. The van der Waals surface area contributed by atoms with Crippen molar-refractivity contribution in [1.82, 2.24) is 9.80 Å². The van der Waals surface area contributed by atoms with Gasteiger partial charge in [0.05, 0.1) is 7.11 Å². The first kappa shape index (κ1) is 20.7. The fourth-order valence-electron chi connectivity index (χ4n) is 4.04. The molecule has 0 radical (unpaired) electrons. The van der Waals surface area contributed by atoms with E-state index in [1.807, 2.05) is 12.1 Å². The zero-order valence-electron chi connectivity index (χ0n) is 16.8. The molecule has 0 aromatic heterocycles. The quantitative estimate of drug-likeness (QED) is 0.668. The summed E-state index contributed by atoms with van der Waals surface area (Å²) in [5.41, 5.74) is 1.85. The van der Waals surface area contributed by atoms with Crippen molar-refractivity contribution in [2.75, 3.05) is 40.3 Å². The van der Waals surface area contributed by atoms with Crippen LogP contribution in [0.25, 0.3) is 0 Å². The van der Waals surface area contributed by atoms with Crippen LogP contribution in [0.15, 0.2) is 42.5 Å². The van der Waals surface area contributed by atoms with Gasteiger partial charge in [0.1, 0.15) is 17.4 Å². The van der Waals surface area contributed by atoms with Crippen molar-refractivity contribution in [3.8, 4) is 5.75 Å². The minimum atomic E-state index is -0.183. The van der Waals surface area contributed by atoms with E-state index < -0.39 is 0 Å². The summed E-state index contributed by atoms with van der Waals surface area (Å²) in [7, 11) is 3.65. The second-order valence-corrected chi connectivity index (χ2v) is 7.84. The fraction of sp³-hybridized carbons (Fsp3) is 0.478. The second kappa shape index (κ2) is 9.99. The highest BCUT2D eigenvalue weighted by molar-refractivity contribution is 5.29. The molecule has 0 bridgehead atoms. The SMILES string of the molecule is COc1ccc(F)c(CN(C)C[C@@H]2CCCN(CCc3ccc(F)cc3)C2)c1. The summed E-state index contributed by atoms with van der Waals surface area (Å²) in [6.45, 7) is 4.70. The summed E-state index contributed by atoms with van der Waals surface area (Å²) in [4.78, 5) is 4.70. The Balaban J connectivity index is 1.48. The Morgan fingerprint density at radius 1 is 1.14 bits per heavy atom. The number of benzene rings is 2. The largest absolute Gasteiger partial charge is 0.497 e. The van der Waals surface area contributed by atoms with Gasteiger partial charge in [0, 0.05) is 31.7 Å². The number of ether oxygens (including phenoxy) is 1. The van der Waals surface area contributed by atoms with E-state index in [0.717, 1.165) is 32.6 Å². The lowest BCUT2D eigenvalue weighted by molar-refractivity contribution is 0.142. The molecule has 0 saturated carbocycles. The van der Waals surface area contributed by atoms with Gasteiger partial charge in [0.2, 0.25) is 0 Å². The van der Waals surface area contributed by atoms with Crippen molar-refractivity contribution >= 4 is 0 Å². The van der Waals surface area contributed by atoms with Crippen molar-refractivity contribution in [3.63, 3.8) is 0 Å². The molecule has 2 aromatic carbocycles. The molecule has 1 atom stereocenters. The summed E-state index contributed by atoms with van der Waals surface area (Å²) in [5.74, 6) is 0.907. The number of likely N-dealkylation sites (tertiary alicyclic amines) is 1. The minimum Gasteiger partial charge on any atom is -0.497 e. The fourth-order valence-corrected chi connectivity index (χ4v) is 4.04. The normalized spacial score (nSPS) is 17.8. The summed E-state index contributed by atoms with van der Waals surface area (Å²) in [6, 6.07) is 11.7. The first-order chi connectivity index (χ1) is 13.5. The van der Waals surface area contributed by atoms with Crippen LogP contribution in [0.3, 0.4) is 0 Å². The van der Waals surface area contributed by atoms with Crippen LogP contribution in [0.1, 0.15) is 24.0 Å². The molecule has 0 unspecified atom stereocenters. The van der Waals surface area contributed by atoms with Crippen LogP contribution in [-0.2, 0) is 13.0 Å². The van der Waals surface area contributed by atoms with Crippen molar-refractivity contribution in [1.29, 1.82) is 0 Å². The molecule has 1 fully saturated rings. The summed E-state index contributed by atoms with van der Waals surface area (Å²) < 4.78 is 32.3. The third-order valence-electron chi connectivity index (χ3n) is 5.50. The van der Waals surface area contributed by atoms with Crippen LogP contribution in [0.4, 0.5) is 8.78 Å². The van der Waals surface area contributed by atoms with E-state index in [2.05, 4.69) is 16.8 Å². The number of rotatable bonds is 8. The van der Waals surface area contributed by atoms with Gasteiger partial charge in [0.15, 0.2) is 0 Å². The molecule has 5 heteroatoms. The van der Waals surface area contributed by atoms with E-state index >= 15 is 0 Å². The number of hydrogen-bond donors (Lipinski definition) is 0. The molecule has 0 N–H and O–H groups in total. The van der Waals surface area contributed by atoms with E-state index in [9.17, 15) is 8.78 Å². The van der Waals surface area contributed by atoms with E-state index in [1.54, 1.807) is 19.2 Å². The van der Waals surface area contributed by atoms with Gasteiger partial charge in [-0.2, -0.15) is 0 Å². The highest BCUT2D eigenvalue weighted by atomic mass is 19.1. The molecular formula is C23H30F2N2O. The van der Waals surface area contributed by atoms with Crippen LogP contribution in [0.2, 0.25) is 0 Å². The van der Waals surface area contributed by atoms with Crippen molar-refractivity contribution in [2.24, 2.45) is 5.92 Å². The van der Waals surface area contributed by atoms with Crippen LogP contribution >= 0.6 is 0 Å². The standard InChI is InChI=1S/C23H30F2N2O/c1-26(17-20-14-22(28-2)9-10-23(20)25)15-19-4-3-12-27(16-19)13-11-18-5-7-21(24)8-6-18/h5-10,14,19H,3-4,11-13,15-17H2,1-2H3/t19-/m0/s1. The summed E-state index contributed by atoms with van der Waals surface area (Å²) in [6.07, 6.45) is 3.34. The second-order valence-electron chi connectivity index (χ2n) is 7.84. The van der Waals surface area contributed by atoms with Crippen LogP contribution in [-0.4, -0.2) is 50.1 Å². The van der Waals surface area contributed by atoms with Crippen molar-refractivity contribution in [2.45, 2.75) is 25.8 Å². The van der Waals surface area contributed by atoms with Gasteiger partial charge in [-0.05, 0) is 74.7 Å². The number of nitrogens with zero attached hydrogens (tertiary/aromatic N) is 2. The third-order valence-corrected chi connectivity index (χ3v) is 5.50. The first-order valence-corrected chi connectivity index (χ1v) is 10.0. The van der Waals surface area contributed by atoms with Crippen LogP contribution in [0.5, 0.6) is 5.75 Å². The molecule has 0 amide bonds. The van der Waals surface area contributed by atoms with Crippen LogP contribution < -0.4 is 4.74 Å². The molecule has 3 nitrogen and oxygen atoms in total. The lowest BCUT2D eigenvalue weighted by Gasteiger charge is -2.34. The predicted molar refractivity (Wildman–Crippen MR) is 109 cm³/mol. The Morgan fingerprint density at radius 2 is 1.93 bits per heavy atom. The molecule has 2 aromatic rings. The van der Waals surface area contributed by atoms with E-state index in [0.29, 0.717) is 23.8 Å². The maximum Gasteiger partial charge on any atom is 0.127 e. The van der Waals surface area contributed by atoms with Gasteiger partial charge < -0.3 is 14.5 Å². The Hall–Kier alpha value is -1.98. The Bertz CT molecular complexity index is 751. The monoisotopic (exact) mass is 388 g/mol. The third kappa shape index (κ3) is 6.01. The number of hydrogen-bond acceptors (Lipinski definition) is 3. The van der Waals surface area contributed by atoms with Gasteiger partial charge in [-0.25, -0.2) is 8.78 Å². The number of halogens is 2. The van der Waals surface area contributed by atoms with Gasteiger partial charge in [0.25, 0.3) is 0 Å². The van der Waals surface area contributed by atoms with Crippen molar-refractivity contribution < 1.29 is 13.5 Å². The van der Waals surface area contributed by atoms with Gasteiger partial charge in [-0.3, -0.25) is 0 Å². The average molecular weight is 389 g/mol. The lowest BCUT2D eigenvalue weighted by atomic mass is 9.97. The van der Waals surface area contributed by atoms with E-state index in [4.69, 9.17) is 4.74 Å². The molecule has 28 heavy (non-hydrogen) atoms. The molecule has 152 valence electrons. The molecule has 1 heterocycles. The van der Waals surface area contributed by atoms with Crippen LogP contribution in [0, 0.1) is 17.6 Å². The average Bonchev–Trinajstić information content (AvgIpc) is 2.69. The molecule has 0 spiro atoms. The Morgan fingerprint density at radius 3 is 2.68 bits per heavy atom. The maximum atomic E-state index is 14.1. The molecule has 1 aliphatic rings. The topological polar surface area (TPSA) is 15.7 Å². The minimum absolute atomic E-state index is 0.183. The van der Waals surface area contributed by atoms with E-state index in [-0.39, 0.29) is 11.6 Å². The molecular weight excluding hydrogens is 358 g/mol. The first-order valence-electron chi connectivity index (χ1n) is 10.0. The molecule has 3 rings (SSSR count). The molecule has 0 aliphatic carbocycles. The zero-order chi connectivity index (χ0) is 19.9. The molecule has 1 saturated heterocycles. The number of methoxy groups -OCH3 is 1. The molecule has 1 aliphatic heterocycles. The maximum absolute atomic E-state index is 14.1.